The van der Waals surface area contributed by atoms with Gasteiger partial charge >= 0.3 is 0 Å². The van der Waals surface area contributed by atoms with Gasteiger partial charge in [0, 0.05) is 6.54 Å². The average Bonchev–Trinajstić information content (AvgIpc) is 2.53. The number of halogens is 3. The number of rotatable bonds is 7. The van der Waals surface area contributed by atoms with Crippen molar-refractivity contribution in [1.82, 2.24) is 10.2 Å². The number of hydrogen-bond acceptors (Lipinski definition) is 4. The van der Waals surface area contributed by atoms with Gasteiger partial charge < -0.3 is 21.3 Å². The van der Waals surface area contributed by atoms with Crippen molar-refractivity contribution in [2.45, 2.75) is 6.92 Å². The second kappa shape index (κ2) is 11.1. The van der Waals surface area contributed by atoms with Crippen LogP contribution in [0.25, 0.3) is 0 Å². The summed E-state index contributed by atoms with van der Waals surface area (Å²) in [4.78, 5) is 36.3. The monoisotopic (exact) mass is 396 g/mol. The van der Waals surface area contributed by atoms with Crippen LogP contribution >= 0.6 is 35.6 Å². The zero-order valence-corrected chi connectivity index (χ0v) is 15.3. The van der Waals surface area contributed by atoms with Gasteiger partial charge in [-0.15, -0.1) is 12.4 Å². The molecule has 0 aliphatic rings. The molecule has 24 heavy (non-hydrogen) atoms. The van der Waals surface area contributed by atoms with Crippen LogP contribution in [0.4, 0.5) is 5.69 Å². The predicted octanol–water partition coefficient (Wildman–Crippen LogP) is 1.28. The minimum atomic E-state index is -0.444. The van der Waals surface area contributed by atoms with Gasteiger partial charge in [0.15, 0.2) is 0 Å². The number of benzene rings is 1. The lowest BCUT2D eigenvalue weighted by Crippen LogP contribution is -2.44. The maximum Gasteiger partial charge on any atom is 0.244 e. The number of nitrogens with zero attached hydrogens (tertiary/aromatic N) is 1. The first-order chi connectivity index (χ1) is 10.9. The Morgan fingerprint density at radius 3 is 2.25 bits per heavy atom. The summed E-state index contributed by atoms with van der Waals surface area (Å²) in [5, 5.41) is 5.53. The minimum Gasteiger partial charge on any atom is -0.346 e. The third kappa shape index (κ3) is 6.92. The normalized spacial score (nSPS) is 9.67. The number of likely N-dealkylation sites (N-methyl/N-ethyl adjacent to an activating group) is 1. The first-order valence-corrected chi connectivity index (χ1v) is 7.63. The molecule has 0 spiro atoms. The van der Waals surface area contributed by atoms with E-state index < -0.39 is 17.7 Å². The maximum absolute atomic E-state index is 12.1. The van der Waals surface area contributed by atoms with Crippen molar-refractivity contribution in [3.8, 4) is 0 Å². The molecule has 0 fully saturated rings. The SMILES string of the molecule is CCN(CC(=O)Nc1c(Cl)cccc1Cl)C(=O)CNC(=O)CN.Cl. The second-order valence-electron chi connectivity index (χ2n) is 4.53. The van der Waals surface area contributed by atoms with Gasteiger partial charge in [-0.3, -0.25) is 14.4 Å². The Bertz CT molecular complexity index is 578. The van der Waals surface area contributed by atoms with E-state index in [0.29, 0.717) is 22.3 Å². The maximum atomic E-state index is 12.1. The van der Waals surface area contributed by atoms with Crippen LogP contribution in [0.15, 0.2) is 18.2 Å². The summed E-state index contributed by atoms with van der Waals surface area (Å²) in [7, 11) is 0. The standard InChI is InChI=1S/C14H18Cl2N4O3.ClH/c1-2-20(13(23)7-18-11(21)6-17)8-12(22)19-14-9(15)4-3-5-10(14)16;/h3-5H,2,6-8,17H2,1H3,(H,18,21)(H,19,22);1H. The van der Waals surface area contributed by atoms with E-state index in [1.807, 2.05) is 0 Å². The average molecular weight is 398 g/mol. The Labute approximate surface area is 156 Å². The zero-order chi connectivity index (χ0) is 17.4. The van der Waals surface area contributed by atoms with E-state index >= 15 is 0 Å². The molecule has 0 saturated heterocycles. The molecular weight excluding hydrogens is 379 g/mol. The van der Waals surface area contributed by atoms with Gasteiger partial charge in [0.05, 0.1) is 35.4 Å². The van der Waals surface area contributed by atoms with Crippen molar-refractivity contribution < 1.29 is 14.4 Å². The minimum absolute atomic E-state index is 0. The van der Waals surface area contributed by atoms with E-state index in [1.54, 1.807) is 25.1 Å². The summed E-state index contributed by atoms with van der Waals surface area (Å²) in [5.74, 6) is -1.28. The summed E-state index contributed by atoms with van der Waals surface area (Å²) >= 11 is 11.9. The molecule has 0 atom stereocenters. The highest BCUT2D eigenvalue weighted by Crippen LogP contribution is 2.29. The third-order valence-electron chi connectivity index (χ3n) is 2.92. The van der Waals surface area contributed by atoms with Crippen molar-refractivity contribution in [2.75, 3.05) is 31.5 Å². The lowest BCUT2D eigenvalue weighted by atomic mass is 10.3. The molecule has 7 nitrogen and oxygen atoms in total. The smallest absolute Gasteiger partial charge is 0.244 e. The van der Waals surface area contributed by atoms with Gasteiger partial charge in [-0.05, 0) is 19.1 Å². The molecule has 0 unspecified atom stereocenters. The van der Waals surface area contributed by atoms with Crippen LogP contribution in [0.5, 0.6) is 0 Å². The molecule has 1 rings (SSSR count). The highest BCUT2D eigenvalue weighted by molar-refractivity contribution is 6.39. The lowest BCUT2D eigenvalue weighted by molar-refractivity contribution is -0.135. The first kappa shape index (κ1) is 22.5. The molecule has 4 N–H and O–H groups in total. The van der Waals surface area contributed by atoms with Crippen LogP contribution in [-0.2, 0) is 14.4 Å². The molecule has 1 aromatic rings. The number of para-hydroxylation sites is 1. The summed E-state index contributed by atoms with van der Waals surface area (Å²) in [6, 6.07) is 4.84. The van der Waals surface area contributed by atoms with Gasteiger partial charge in [-0.1, -0.05) is 29.3 Å². The molecule has 0 aliphatic carbocycles. The first-order valence-electron chi connectivity index (χ1n) is 6.87. The summed E-state index contributed by atoms with van der Waals surface area (Å²) in [6.45, 7) is 1.42. The van der Waals surface area contributed by atoms with E-state index in [4.69, 9.17) is 28.9 Å². The fourth-order valence-corrected chi connectivity index (χ4v) is 2.20. The van der Waals surface area contributed by atoms with Crippen LogP contribution in [0.2, 0.25) is 10.0 Å². The van der Waals surface area contributed by atoms with Gasteiger partial charge in [0.25, 0.3) is 0 Å². The van der Waals surface area contributed by atoms with Crippen LogP contribution < -0.4 is 16.4 Å². The highest BCUT2D eigenvalue weighted by atomic mass is 35.5. The molecule has 1 aromatic carbocycles. The van der Waals surface area contributed by atoms with Crippen LogP contribution in [-0.4, -0.2) is 48.8 Å². The molecule has 0 aliphatic heterocycles. The lowest BCUT2D eigenvalue weighted by Gasteiger charge is -2.21. The topological polar surface area (TPSA) is 105 Å². The van der Waals surface area contributed by atoms with Gasteiger partial charge in [0.1, 0.15) is 0 Å². The number of nitrogens with one attached hydrogen (secondary N) is 2. The number of carbonyl (C=O) groups is 3. The van der Waals surface area contributed by atoms with Gasteiger partial charge in [-0.2, -0.15) is 0 Å². The van der Waals surface area contributed by atoms with E-state index in [1.165, 1.54) is 4.90 Å². The zero-order valence-electron chi connectivity index (χ0n) is 13.0. The van der Waals surface area contributed by atoms with Crippen molar-refractivity contribution in [1.29, 1.82) is 0 Å². The number of carbonyl (C=O) groups excluding carboxylic acids is 3. The molecular formula is C14H19Cl3N4O3. The van der Waals surface area contributed by atoms with Crippen LogP contribution in [0.3, 0.4) is 0 Å². The van der Waals surface area contributed by atoms with Gasteiger partial charge in [-0.25, -0.2) is 0 Å². The number of anilines is 1. The van der Waals surface area contributed by atoms with E-state index in [-0.39, 0.29) is 32.0 Å². The Balaban J connectivity index is 0.00000529. The van der Waals surface area contributed by atoms with Gasteiger partial charge in [0.2, 0.25) is 17.7 Å². The largest absolute Gasteiger partial charge is 0.346 e. The van der Waals surface area contributed by atoms with Crippen LogP contribution in [0, 0.1) is 0 Å². The summed E-state index contributed by atoms with van der Waals surface area (Å²) < 4.78 is 0. The van der Waals surface area contributed by atoms with Crippen molar-refractivity contribution in [3.05, 3.63) is 28.2 Å². The number of amides is 3. The molecule has 0 bridgehead atoms. The second-order valence-corrected chi connectivity index (χ2v) is 5.35. The van der Waals surface area contributed by atoms with Crippen molar-refractivity contribution >= 4 is 59.0 Å². The van der Waals surface area contributed by atoms with Crippen LogP contribution in [0.1, 0.15) is 6.92 Å². The Kier molecular flexibility index (Phi) is 10.4. The Morgan fingerprint density at radius 1 is 1.17 bits per heavy atom. The highest BCUT2D eigenvalue weighted by Gasteiger charge is 2.17. The van der Waals surface area contributed by atoms with Crippen molar-refractivity contribution in [3.63, 3.8) is 0 Å². The molecule has 10 heteroatoms. The molecule has 3 amide bonds. The fourth-order valence-electron chi connectivity index (χ4n) is 1.70. The summed E-state index contributed by atoms with van der Waals surface area (Å²) in [5.41, 5.74) is 5.43. The summed E-state index contributed by atoms with van der Waals surface area (Å²) in [6.07, 6.45) is 0. The van der Waals surface area contributed by atoms with Crippen molar-refractivity contribution in [2.24, 2.45) is 5.73 Å². The Hall–Kier alpha value is -1.54. The quantitative estimate of drug-likeness (QED) is 0.644. The van der Waals surface area contributed by atoms with E-state index in [0.717, 1.165) is 0 Å². The molecule has 0 heterocycles. The molecule has 0 aromatic heterocycles. The molecule has 0 radical (unpaired) electrons. The van der Waals surface area contributed by atoms with E-state index in [9.17, 15) is 14.4 Å². The Morgan fingerprint density at radius 2 is 1.75 bits per heavy atom. The predicted molar refractivity (Wildman–Crippen MR) is 96.7 cm³/mol. The third-order valence-corrected chi connectivity index (χ3v) is 3.55. The molecule has 0 saturated carbocycles. The number of nitrogens with two attached hydrogens (primary N) is 1. The fraction of sp³-hybridized carbons (Fsp3) is 0.357. The van der Waals surface area contributed by atoms with E-state index in [2.05, 4.69) is 10.6 Å². The molecule has 134 valence electrons. The number of hydrogen-bond donors (Lipinski definition) is 3.